The maximum Gasteiger partial charge on any atom is 0.265 e. The molecule has 8 heteroatoms. The highest BCUT2D eigenvalue weighted by Gasteiger charge is 2.16. The van der Waals surface area contributed by atoms with Crippen LogP contribution in [0.15, 0.2) is 39.6 Å². The fourth-order valence-electron chi connectivity index (χ4n) is 2.03. The lowest BCUT2D eigenvalue weighted by molar-refractivity contribution is 0.0511. The van der Waals surface area contributed by atoms with Crippen molar-refractivity contribution < 1.29 is 18.3 Å². The topological polar surface area (TPSA) is 40.5 Å². The Kier molecular flexibility index (Phi) is 6.15. The Morgan fingerprint density at radius 1 is 1.30 bits per heavy atom. The van der Waals surface area contributed by atoms with Gasteiger partial charge in [-0.25, -0.2) is 8.78 Å². The number of nitrogens with zero attached hydrogens (tertiary/aromatic N) is 1. The molecule has 0 atom stereocenters. The van der Waals surface area contributed by atoms with E-state index in [1.54, 1.807) is 18.2 Å². The van der Waals surface area contributed by atoms with Gasteiger partial charge in [-0.1, -0.05) is 11.6 Å². The molecule has 0 fully saturated rings. The molecule has 1 aromatic carbocycles. The molecule has 0 radical (unpaired) electrons. The number of rotatable bonds is 6. The van der Waals surface area contributed by atoms with E-state index in [0.29, 0.717) is 17.0 Å². The lowest BCUT2D eigenvalue weighted by Crippen LogP contribution is -2.25. The summed E-state index contributed by atoms with van der Waals surface area (Å²) in [7, 11) is 1.49. The smallest absolute Gasteiger partial charge is 0.265 e. The molecule has 124 valence electrons. The number of hydrogen-bond acceptors (Lipinski definition) is 3. The van der Waals surface area contributed by atoms with Gasteiger partial charge in [0.15, 0.2) is 6.79 Å². The van der Waals surface area contributed by atoms with E-state index in [-0.39, 0.29) is 16.3 Å². The standard InChI is InChI=1S/C15H13BrClF2NO3/c1-22-8-23-9-2-3-10(12(17)6-9)13-5-4-11(16)15(21)20(13)7-14(18)19/h2-6,14H,7-8H2,1H3. The summed E-state index contributed by atoms with van der Waals surface area (Å²) in [5.41, 5.74) is 0.224. The Hall–Kier alpha value is -1.44. The van der Waals surface area contributed by atoms with Crippen LogP contribution < -0.4 is 10.3 Å². The van der Waals surface area contributed by atoms with Crippen molar-refractivity contribution in [3.05, 3.63) is 50.2 Å². The number of hydrogen-bond donors (Lipinski definition) is 0. The predicted octanol–water partition coefficient (Wildman–Crippen LogP) is 4.18. The Morgan fingerprint density at radius 3 is 2.65 bits per heavy atom. The molecule has 0 aliphatic rings. The third kappa shape index (κ3) is 4.31. The van der Waals surface area contributed by atoms with E-state index in [1.807, 2.05) is 0 Å². The van der Waals surface area contributed by atoms with E-state index in [0.717, 1.165) is 4.57 Å². The van der Waals surface area contributed by atoms with Crippen LogP contribution in [-0.4, -0.2) is 24.9 Å². The highest BCUT2D eigenvalue weighted by molar-refractivity contribution is 9.10. The second kappa shape index (κ2) is 7.90. The summed E-state index contributed by atoms with van der Waals surface area (Å²) in [6.07, 6.45) is -2.66. The summed E-state index contributed by atoms with van der Waals surface area (Å²) in [5, 5.41) is 0.281. The molecule has 0 aliphatic heterocycles. The average molecular weight is 409 g/mol. The van der Waals surface area contributed by atoms with Crippen LogP contribution in [-0.2, 0) is 11.3 Å². The van der Waals surface area contributed by atoms with Gasteiger partial charge >= 0.3 is 0 Å². The largest absolute Gasteiger partial charge is 0.468 e. The van der Waals surface area contributed by atoms with Crippen LogP contribution in [0, 0.1) is 0 Å². The Morgan fingerprint density at radius 2 is 2.04 bits per heavy atom. The molecule has 2 aromatic rings. The van der Waals surface area contributed by atoms with Gasteiger partial charge in [0.1, 0.15) is 5.75 Å². The highest BCUT2D eigenvalue weighted by Crippen LogP contribution is 2.31. The van der Waals surface area contributed by atoms with Crippen molar-refractivity contribution in [2.75, 3.05) is 13.9 Å². The van der Waals surface area contributed by atoms with Crippen molar-refractivity contribution in [3.8, 4) is 17.0 Å². The van der Waals surface area contributed by atoms with Crippen LogP contribution in [0.1, 0.15) is 0 Å². The van der Waals surface area contributed by atoms with Gasteiger partial charge in [0, 0.05) is 12.7 Å². The molecule has 0 spiro atoms. The molecule has 0 saturated heterocycles. The number of ether oxygens (including phenoxy) is 2. The van der Waals surface area contributed by atoms with E-state index >= 15 is 0 Å². The predicted molar refractivity (Wildman–Crippen MR) is 87.4 cm³/mol. The molecular formula is C15H13BrClF2NO3. The second-order valence-electron chi connectivity index (χ2n) is 4.57. The molecule has 4 nitrogen and oxygen atoms in total. The Bertz CT molecular complexity index is 752. The van der Waals surface area contributed by atoms with Crippen LogP contribution in [0.2, 0.25) is 5.02 Å². The summed E-state index contributed by atoms with van der Waals surface area (Å²) in [6, 6.07) is 7.84. The fraction of sp³-hybridized carbons (Fsp3) is 0.267. The average Bonchev–Trinajstić information content (AvgIpc) is 2.50. The third-order valence-corrected chi connectivity index (χ3v) is 3.92. The van der Waals surface area contributed by atoms with Gasteiger partial charge in [-0.3, -0.25) is 4.79 Å². The first-order chi connectivity index (χ1) is 10.9. The Balaban J connectivity index is 2.49. The molecule has 0 N–H and O–H groups in total. The molecule has 0 amide bonds. The molecular weight excluding hydrogens is 396 g/mol. The molecule has 2 rings (SSSR count). The Labute approximate surface area is 144 Å². The molecule has 0 saturated carbocycles. The van der Waals surface area contributed by atoms with Crippen molar-refractivity contribution in [1.82, 2.24) is 4.57 Å². The molecule has 0 unspecified atom stereocenters. The van der Waals surface area contributed by atoms with Crippen molar-refractivity contribution in [2.24, 2.45) is 0 Å². The number of alkyl halides is 2. The van der Waals surface area contributed by atoms with E-state index in [9.17, 15) is 13.6 Å². The van der Waals surface area contributed by atoms with Gasteiger partial charge in [0.2, 0.25) is 0 Å². The van der Waals surface area contributed by atoms with Gasteiger partial charge in [0.25, 0.3) is 12.0 Å². The van der Waals surface area contributed by atoms with Crippen LogP contribution in [0.3, 0.4) is 0 Å². The van der Waals surface area contributed by atoms with Gasteiger partial charge in [-0.05, 0) is 46.3 Å². The number of pyridine rings is 1. The zero-order valence-corrected chi connectivity index (χ0v) is 14.4. The minimum Gasteiger partial charge on any atom is -0.468 e. The summed E-state index contributed by atoms with van der Waals surface area (Å²) in [4.78, 5) is 12.1. The lowest BCUT2D eigenvalue weighted by atomic mass is 10.1. The van der Waals surface area contributed by atoms with E-state index < -0.39 is 18.5 Å². The first kappa shape index (κ1) is 17.9. The van der Waals surface area contributed by atoms with Crippen LogP contribution in [0.25, 0.3) is 11.3 Å². The SMILES string of the molecule is COCOc1ccc(-c2ccc(Br)c(=O)n2CC(F)F)c(Cl)c1. The zero-order chi connectivity index (χ0) is 17.0. The van der Waals surface area contributed by atoms with E-state index in [4.69, 9.17) is 21.1 Å². The first-order valence-corrected chi connectivity index (χ1v) is 7.70. The maximum atomic E-state index is 12.8. The molecule has 0 aliphatic carbocycles. The third-order valence-electron chi connectivity index (χ3n) is 3.01. The van der Waals surface area contributed by atoms with Crippen LogP contribution >= 0.6 is 27.5 Å². The van der Waals surface area contributed by atoms with Crippen molar-refractivity contribution >= 4 is 27.5 Å². The highest BCUT2D eigenvalue weighted by atomic mass is 79.9. The fourth-order valence-corrected chi connectivity index (χ4v) is 2.64. The minimum atomic E-state index is -2.66. The molecule has 0 bridgehead atoms. The van der Waals surface area contributed by atoms with Gasteiger partial charge in [-0.15, -0.1) is 0 Å². The van der Waals surface area contributed by atoms with Gasteiger partial charge < -0.3 is 14.0 Å². The van der Waals surface area contributed by atoms with Crippen LogP contribution in [0.4, 0.5) is 8.78 Å². The summed E-state index contributed by atoms with van der Waals surface area (Å²) < 4.78 is 36.8. The monoisotopic (exact) mass is 407 g/mol. The molecule has 1 heterocycles. The second-order valence-corrected chi connectivity index (χ2v) is 5.83. The summed E-state index contributed by atoms with van der Waals surface area (Å²) in [6.45, 7) is -0.657. The van der Waals surface area contributed by atoms with E-state index in [1.165, 1.54) is 19.2 Å². The molecule has 1 aromatic heterocycles. The van der Waals surface area contributed by atoms with Gasteiger partial charge in [0.05, 0.1) is 21.7 Å². The quantitative estimate of drug-likeness (QED) is 0.673. The summed E-state index contributed by atoms with van der Waals surface area (Å²) in [5.74, 6) is 0.473. The zero-order valence-electron chi connectivity index (χ0n) is 12.1. The number of aromatic nitrogens is 1. The number of methoxy groups -OCH3 is 1. The van der Waals surface area contributed by atoms with Crippen molar-refractivity contribution in [3.63, 3.8) is 0 Å². The van der Waals surface area contributed by atoms with Crippen LogP contribution in [0.5, 0.6) is 5.75 Å². The van der Waals surface area contributed by atoms with Crippen molar-refractivity contribution in [2.45, 2.75) is 13.0 Å². The molecule has 23 heavy (non-hydrogen) atoms. The van der Waals surface area contributed by atoms with E-state index in [2.05, 4.69) is 15.9 Å². The first-order valence-electron chi connectivity index (χ1n) is 6.53. The normalized spacial score (nSPS) is 11.0. The lowest BCUT2D eigenvalue weighted by Gasteiger charge is -2.15. The minimum absolute atomic E-state index is 0.0596. The number of halogens is 4. The number of benzene rings is 1. The maximum absolute atomic E-state index is 12.8. The van der Waals surface area contributed by atoms with Gasteiger partial charge in [-0.2, -0.15) is 0 Å². The summed E-state index contributed by atoms with van der Waals surface area (Å²) >= 11 is 9.26. The van der Waals surface area contributed by atoms with Crippen molar-refractivity contribution in [1.29, 1.82) is 0 Å².